The summed E-state index contributed by atoms with van der Waals surface area (Å²) < 4.78 is 22.4. The van der Waals surface area contributed by atoms with Crippen LogP contribution in [-0.4, -0.2) is 14.3 Å². The maximum atomic E-state index is 11.7. The molecular formula is C13H20N2O3S. The molecule has 1 amide bonds. The van der Waals surface area contributed by atoms with E-state index in [0.717, 1.165) is 19.3 Å². The number of hydrogen-bond donors (Lipinski definition) is 2. The third-order valence-corrected chi connectivity index (χ3v) is 3.72. The zero-order chi connectivity index (χ0) is 14.5. The fourth-order valence-corrected chi connectivity index (χ4v) is 2.30. The minimum Gasteiger partial charge on any atom is -0.326 e. The maximum absolute atomic E-state index is 11.7. The van der Waals surface area contributed by atoms with Crippen LogP contribution in [0.2, 0.25) is 0 Å². The summed E-state index contributed by atoms with van der Waals surface area (Å²) in [6, 6.07) is 4.41. The van der Waals surface area contributed by atoms with Gasteiger partial charge in [-0.1, -0.05) is 19.8 Å². The molecule has 0 fully saturated rings. The first-order chi connectivity index (χ1) is 8.84. The van der Waals surface area contributed by atoms with Crippen molar-refractivity contribution in [2.45, 2.75) is 44.4 Å². The standard InChI is InChI=1S/C13H20N2O3S/c1-3-4-5-6-13(16)15-12-8-7-11(9-10(12)2)19(14,17)18/h7-9H,3-6H2,1-2H3,(H,15,16)(H2,14,17,18). The molecule has 0 unspecified atom stereocenters. The van der Waals surface area contributed by atoms with Crippen LogP contribution in [0, 0.1) is 6.92 Å². The molecule has 0 bridgehead atoms. The van der Waals surface area contributed by atoms with Crippen molar-refractivity contribution in [3.63, 3.8) is 0 Å². The van der Waals surface area contributed by atoms with Crippen molar-refractivity contribution in [3.05, 3.63) is 23.8 Å². The molecule has 0 aromatic heterocycles. The van der Waals surface area contributed by atoms with Gasteiger partial charge in [0.25, 0.3) is 0 Å². The number of sulfonamides is 1. The SMILES string of the molecule is CCCCCC(=O)Nc1ccc(S(N)(=O)=O)cc1C. The molecule has 0 aliphatic heterocycles. The highest BCUT2D eigenvalue weighted by Gasteiger charge is 2.10. The van der Waals surface area contributed by atoms with E-state index in [4.69, 9.17) is 5.14 Å². The Morgan fingerprint density at radius 3 is 2.53 bits per heavy atom. The zero-order valence-corrected chi connectivity index (χ0v) is 12.1. The van der Waals surface area contributed by atoms with Gasteiger partial charge < -0.3 is 5.32 Å². The normalized spacial score (nSPS) is 11.3. The molecule has 5 nitrogen and oxygen atoms in total. The summed E-state index contributed by atoms with van der Waals surface area (Å²) in [6.45, 7) is 3.81. The lowest BCUT2D eigenvalue weighted by molar-refractivity contribution is -0.116. The van der Waals surface area contributed by atoms with Gasteiger partial charge in [0.2, 0.25) is 15.9 Å². The van der Waals surface area contributed by atoms with Gasteiger partial charge in [-0.15, -0.1) is 0 Å². The molecule has 0 aliphatic carbocycles. The Bertz CT molecular complexity index is 553. The summed E-state index contributed by atoms with van der Waals surface area (Å²) in [5.74, 6) is -0.0556. The van der Waals surface area contributed by atoms with E-state index in [1.54, 1.807) is 13.0 Å². The lowest BCUT2D eigenvalue weighted by atomic mass is 10.1. The van der Waals surface area contributed by atoms with E-state index in [1.165, 1.54) is 12.1 Å². The topological polar surface area (TPSA) is 89.3 Å². The van der Waals surface area contributed by atoms with Crippen molar-refractivity contribution in [1.29, 1.82) is 0 Å². The van der Waals surface area contributed by atoms with Crippen molar-refractivity contribution in [3.8, 4) is 0 Å². The summed E-state index contributed by atoms with van der Waals surface area (Å²) in [5.41, 5.74) is 1.30. The Kier molecular flexibility index (Phi) is 5.50. The number of nitrogens with one attached hydrogen (secondary N) is 1. The van der Waals surface area contributed by atoms with Crippen LogP contribution in [0.3, 0.4) is 0 Å². The summed E-state index contributed by atoms with van der Waals surface area (Å²) in [7, 11) is -3.70. The predicted molar refractivity (Wildman–Crippen MR) is 75.3 cm³/mol. The number of benzene rings is 1. The molecule has 106 valence electrons. The average Bonchev–Trinajstić information content (AvgIpc) is 2.31. The van der Waals surface area contributed by atoms with E-state index in [1.807, 2.05) is 0 Å². The number of carbonyl (C=O) groups excluding carboxylic acids is 1. The monoisotopic (exact) mass is 284 g/mol. The van der Waals surface area contributed by atoms with E-state index >= 15 is 0 Å². The van der Waals surface area contributed by atoms with Gasteiger partial charge >= 0.3 is 0 Å². The summed E-state index contributed by atoms with van der Waals surface area (Å²) in [6.07, 6.45) is 3.42. The summed E-state index contributed by atoms with van der Waals surface area (Å²) in [5, 5.41) is 7.82. The largest absolute Gasteiger partial charge is 0.326 e. The van der Waals surface area contributed by atoms with Crippen LogP contribution in [0.1, 0.15) is 38.2 Å². The maximum Gasteiger partial charge on any atom is 0.238 e. The van der Waals surface area contributed by atoms with Gasteiger partial charge in [0.1, 0.15) is 0 Å². The fraction of sp³-hybridized carbons (Fsp3) is 0.462. The van der Waals surface area contributed by atoms with Crippen molar-refractivity contribution in [2.75, 3.05) is 5.32 Å². The molecule has 19 heavy (non-hydrogen) atoms. The zero-order valence-electron chi connectivity index (χ0n) is 11.3. The molecule has 0 saturated carbocycles. The van der Waals surface area contributed by atoms with Gasteiger partial charge in [0, 0.05) is 12.1 Å². The molecule has 1 aromatic carbocycles. The third kappa shape index (κ3) is 5.00. The number of hydrogen-bond acceptors (Lipinski definition) is 3. The lowest BCUT2D eigenvalue weighted by Crippen LogP contribution is -2.14. The third-order valence-electron chi connectivity index (χ3n) is 2.81. The molecule has 0 radical (unpaired) electrons. The molecule has 0 spiro atoms. The van der Waals surface area contributed by atoms with Crippen LogP contribution in [0.4, 0.5) is 5.69 Å². The first kappa shape index (κ1) is 15.7. The van der Waals surface area contributed by atoms with Crippen LogP contribution in [-0.2, 0) is 14.8 Å². The molecule has 6 heteroatoms. The highest BCUT2D eigenvalue weighted by Crippen LogP contribution is 2.19. The number of unbranched alkanes of at least 4 members (excludes halogenated alkanes) is 2. The van der Waals surface area contributed by atoms with E-state index in [2.05, 4.69) is 12.2 Å². The number of primary sulfonamides is 1. The van der Waals surface area contributed by atoms with E-state index in [-0.39, 0.29) is 10.8 Å². The smallest absolute Gasteiger partial charge is 0.238 e. The van der Waals surface area contributed by atoms with E-state index in [9.17, 15) is 13.2 Å². The Morgan fingerprint density at radius 1 is 1.32 bits per heavy atom. The van der Waals surface area contributed by atoms with Gasteiger partial charge in [-0.3, -0.25) is 4.79 Å². The number of amides is 1. The number of carbonyl (C=O) groups is 1. The lowest BCUT2D eigenvalue weighted by Gasteiger charge is -2.09. The Hall–Kier alpha value is -1.40. The quantitative estimate of drug-likeness (QED) is 0.784. The summed E-state index contributed by atoms with van der Waals surface area (Å²) in [4.78, 5) is 11.7. The number of anilines is 1. The number of aryl methyl sites for hydroxylation is 1. The van der Waals surface area contributed by atoms with Gasteiger partial charge in [-0.05, 0) is 37.1 Å². The highest BCUT2D eigenvalue weighted by molar-refractivity contribution is 7.89. The van der Waals surface area contributed by atoms with Crippen LogP contribution in [0.25, 0.3) is 0 Å². The molecule has 3 N–H and O–H groups in total. The molecule has 0 saturated heterocycles. The fourth-order valence-electron chi connectivity index (χ4n) is 1.70. The van der Waals surface area contributed by atoms with Gasteiger partial charge in [-0.25, -0.2) is 13.6 Å². The minimum absolute atomic E-state index is 0.0500. The predicted octanol–water partition coefficient (Wildman–Crippen LogP) is 2.16. The number of nitrogens with two attached hydrogens (primary N) is 1. The average molecular weight is 284 g/mol. The van der Waals surface area contributed by atoms with Crippen LogP contribution < -0.4 is 10.5 Å². The van der Waals surface area contributed by atoms with Crippen molar-refractivity contribution in [2.24, 2.45) is 5.14 Å². The van der Waals surface area contributed by atoms with E-state index < -0.39 is 10.0 Å². The van der Waals surface area contributed by atoms with Gasteiger partial charge in [0.05, 0.1) is 4.90 Å². The van der Waals surface area contributed by atoms with Crippen molar-refractivity contribution < 1.29 is 13.2 Å². The summed E-state index contributed by atoms with van der Waals surface area (Å²) >= 11 is 0. The van der Waals surface area contributed by atoms with Crippen molar-refractivity contribution >= 4 is 21.6 Å². The Labute approximate surface area is 114 Å². The van der Waals surface area contributed by atoms with Crippen molar-refractivity contribution in [1.82, 2.24) is 0 Å². The van der Waals surface area contributed by atoms with Crippen LogP contribution in [0.15, 0.2) is 23.1 Å². The Balaban J connectivity index is 2.73. The molecule has 0 atom stereocenters. The highest BCUT2D eigenvalue weighted by atomic mass is 32.2. The second-order valence-electron chi connectivity index (χ2n) is 4.53. The molecular weight excluding hydrogens is 264 g/mol. The second-order valence-corrected chi connectivity index (χ2v) is 6.09. The van der Waals surface area contributed by atoms with Crippen LogP contribution >= 0.6 is 0 Å². The second kappa shape index (κ2) is 6.68. The molecule has 1 aromatic rings. The molecule has 0 aliphatic rings. The first-order valence-corrected chi connectivity index (χ1v) is 7.82. The molecule has 1 rings (SSSR count). The Morgan fingerprint density at radius 2 is 2.00 bits per heavy atom. The first-order valence-electron chi connectivity index (χ1n) is 6.28. The van der Waals surface area contributed by atoms with Gasteiger partial charge in [-0.2, -0.15) is 0 Å². The number of rotatable bonds is 6. The van der Waals surface area contributed by atoms with Gasteiger partial charge in [0.15, 0.2) is 0 Å². The minimum atomic E-state index is -3.70. The molecule has 0 heterocycles. The van der Waals surface area contributed by atoms with E-state index in [0.29, 0.717) is 17.7 Å². The van der Waals surface area contributed by atoms with Crippen LogP contribution in [0.5, 0.6) is 0 Å².